The van der Waals surface area contributed by atoms with Crippen molar-refractivity contribution in [1.82, 2.24) is 5.43 Å². The molecule has 0 unspecified atom stereocenters. The van der Waals surface area contributed by atoms with Gasteiger partial charge in [0.05, 0.1) is 10.7 Å². The molecule has 0 atom stereocenters. The number of halogens is 3. The van der Waals surface area contributed by atoms with Crippen LogP contribution in [0.5, 0.6) is 5.75 Å². The fraction of sp³-hybridized carbons (Fsp3) is 0.263. The van der Waals surface area contributed by atoms with Gasteiger partial charge in [0.1, 0.15) is 5.75 Å². The van der Waals surface area contributed by atoms with Crippen LogP contribution in [0.3, 0.4) is 0 Å². The highest BCUT2D eigenvalue weighted by Gasteiger charge is 2.17. The zero-order valence-electron chi connectivity index (χ0n) is 14.6. The minimum atomic E-state index is -0.321. The smallest absolute Gasteiger partial charge is 0.277 e. The molecule has 0 bridgehead atoms. The largest absolute Gasteiger partial charge is 0.482 e. The number of hydrogen-bond acceptors (Lipinski definition) is 3. The highest BCUT2D eigenvalue weighted by Crippen LogP contribution is 2.40. The van der Waals surface area contributed by atoms with Gasteiger partial charge in [0.25, 0.3) is 5.91 Å². The van der Waals surface area contributed by atoms with Crippen molar-refractivity contribution < 1.29 is 9.53 Å². The second-order valence-electron chi connectivity index (χ2n) is 6.01. The van der Waals surface area contributed by atoms with Crippen LogP contribution < -0.4 is 10.2 Å². The molecule has 2 rings (SSSR count). The molecule has 0 aromatic heterocycles. The minimum absolute atomic E-state index is 0.116. The average molecular weight is 547 g/mol. The molecule has 0 fully saturated rings. The number of carbonyl (C=O) groups is 1. The second-order valence-corrected chi connectivity index (χ2v) is 8.57. The molecule has 0 saturated carbocycles. The molecule has 0 saturated heterocycles. The van der Waals surface area contributed by atoms with Gasteiger partial charge in [-0.2, -0.15) is 5.10 Å². The van der Waals surface area contributed by atoms with Gasteiger partial charge >= 0.3 is 0 Å². The van der Waals surface area contributed by atoms with E-state index in [0.717, 1.165) is 30.1 Å². The summed E-state index contributed by atoms with van der Waals surface area (Å²) in [6, 6.07) is 9.66. The van der Waals surface area contributed by atoms with E-state index in [2.05, 4.69) is 72.2 Å². The predicted octanol–water partition coefficient (Wildman–Crippen LogP) is 5.94. The zero-order chi connectivity index (χ0) is 19.3. The molecule has 0 aliphatic rings. The third-order valence-corrected chi connectivity index (χ3v) is 5.92. The number of amides is 1. The molecule has 0 spiro atoms. The molecule has 2 aromatic carbocycles. The van der Waals surface area contributed by atoms with Crippen LogP contribution in [0.4, 0.5) is 0 Å². The SMILES string of the molecule is Cc1c(Br)cc(C(C)C)c(OCC(=O)N/N=C\c2cccc(Br)c2)c1Br. The Bertz CT molecular complexity index is 836. The molecule has 26 heavy (non-hydrogen) atoms. The van der Waals surface area contributed by atoms with Crippen molar-refractivity contribution in [3.05, 3.63) is 60.4 Å². The van der Waals surface area contributed by atoms with E-state index in [4.69, 9.17) is 4.74 Å². The lowest BCUT2D eigenvalue weighted by Crippen LogP contribution is -2.25. The maximum Gasteiger partial charge on any atom is 0.277 e. The zero-order valence-corrected chi connectivity index (χ0v) is 19.4. The van der Waals surface area contributed by atoms with Crippen molar-refractivity contribution in [2.24, 2.45) is 5.10 Å². The number of hydrazone groups is 1. The molecule has 4 nitrogen and oxygen atoms in total. The first kappa shape index (κ1) is 21.1. The topological polar surface area (TPSA) is 50.7 Å². The lowest BCUT2D eigenvalue weighted by atomic mass is 10.0. The Morgan fingerprint density at radius 2 is 2.00 bits per heavy atom. The van der Waals surface area contributed by atoms with E-state index in [-0.39, 0.29) is 18.4 Å². The monoisotopic (exact) mass is 544 g/mol. The van der Waals surface area contributed by atoms with E-state index in [0.29, 0.717) is 5.75 Å². The quantitative estimate of drug-likeness (QED) is 0.360. The molecule has 138 valence electrons. The van der Waals surface area contributed by atoms with E-state index >= 15 is 0 Å². The molecule has 0 aliphatic heterocycles. The predicted molar refractivity (Wildman–Crippen MR) is 116 cm³/mol. The summed E-state index contributed by atoms with van der Waals surface area (Å²) in [6.07, 6.45) is 1.59. The van der Waals surface area contributed by atoms with Crippen molar-refractivity contribution >= 4 is 59.9 Å². The van der Waals surface area contributed by atoms with Gasteiger partial charge in [0.2, 0.25) is 0 Å². The Hall–Kier alpha value is -1.18. The Morgan fingerprint density at radius 3 is 2.65 bits per heavy atom. The molecule has 1 N–H and O–H groups in total. The van der Waals surface area contributed by atoms with Crippen molar-refractivity contribution in [3.8, 4) is 5.75 Å². The van der Waals surface area contributed by atoms with Crippen LogP contribution in [0.2, 0.25) is 0 Å². The average Bonchev–Trinajstić information content (AvgIpc) is 2.58. The molecule has 0 heterocycles. The number of benzene rings is 2. The Labute approximate surface area is 178 Å². The van der Waals surface area contributed by atoms with Crippen molar-refractivity contribution in [2.45, 2.75) is 26.7 Å². The summed E-state index contributed by atoms with van der Waals surface area (Å²) in [6.45, 7) is 6.03. The number of rotatable bonds is 6. The van der Waals surface area contributed by atoms with Gasteiger partial charge < -0.3 is 4.74 Å². The van der Waals surface area contributed by atoms with Crippen LogP contribution in [0.1, 0.15) is 36.5 Å². The number of nitrogens with one attached hydrogen (secondary N) is 1. The summed E-state index contributed by atoms with van der Waals surface area (Å²) < 4.78 is 8.59. The van der Waals surface area contributed by atoms with Crippen LogP contribution in [0, 0.1) is 6.92 Å². The number of hydrogen-bond donors (Lipinski definition) is 1. The lowest BCUT2D eigenvalue weighted by Gasteiger charge is -2.18. The van der Waals surface area contributed by atoms with Crippen molar-refractivity contribution in [3.63, 3.8) is 0 Å². The van der Waals surface area contributed by atoms with Gasteiger partial charge in [0.15, 0.2) is 6.61 Å². The molecule has 0 aliphatic carbocycles. The number of nitrogens with zero attached hydrogens (tertiary/aromatic N) is 1. The Kier molecular flexibility index (Phi) is 7.85. The number of ether oxygens (including phenoxy) is 1. The summed E-state index contributed by atoms with van der Waals surface area (Å²) in [5, 5.41) is 3.96. The second kappa shape index (κ2) is 9.67. The van der Waals surface area contributed by atoms with Gasteiger partial charge in [0, 0.05) is 8.95 Å². The highest BCUT2D eigenvalue weighted by atomic mass is 79.9. The first-order valence-electron chi connectivity index (χ1n) is 7.98. The maximum absolute atomic E-state index is 12.0. The van der Waals surface area contributed by atoms with Crippen molar-refractivity contribution in [1.29, 1.82) is 0 Å². The van der Waals surface area contributed by atoms with E-state index in [9.17, 15) is 4.79 Å². The molecule has 7 heteroatoms. The minimum Gasteiger partial charge on any atom is -0.482 e. The van der Waals surface area contributed by atoms with Gasteiger partial charge in [-0.05, 0) is 63.7 Å². The van der Waals surface area contributed by atoms with Crippen LogP contribution in [-0.4, -0.2) is 18.7 Å². The third kappa shape index (κ3) is 5.66. The summed E-state index contributed by atoms with van der Waals surface area (Å²) in [5.74, 6) is 0.626. The lowest BCUT2D eigenvalue weighted by molar-refractivity contribution is -0.123. The van der Waals surface area contributed by atoms with Crippen LogP contribution in [0.15, 0.2) is 48.9 Å². The summed E-state index contributed by atoms with van der Waals surface area (Å²) in [4.78, 5) is 12.0. The van der Waals surface area contributed by atoms with Gasteiger partial charge in [-0.25, -0.2) is 5.43 Å². The maximum atomic E-state index is 12.0. The Morgan fingerprint density at radius 1 is 1.27 bits per heavy atom. The standard InChI is InChI=1S/C19H19Br3N2O2/c1-11(2)15-8-16(21)12(3)18(22)19(15)26-10-17(25)24-23-9-13-5-4-6-14(20)7-13/h4-9,11H,10H2,1-3H3,(H,24,25)/b23-9-. The first-order valence-corrected chi connectivity index (χ1v) is 10.4. The van der Waals surface area contributed by atoms with Crippen molar-refractivity contribution in [2.75, 3.05) is 6.61 Å². The van der Waals surface area contributed by atoms with Crippen LogP contribution in [0.25, 0.3) is 0 Å². The summed E-state index contributed by atoms with van der Waals surface area (Å²) in [7, 11) is 0. The highest BCUT2D eigenvalue weighted by molar-refractivity contribution is 9.11. The summed E-state index contributed by atoms with van der Waals surface area (Å²) >= 11 is 10.5. The fourth-order valence-electron chi connectivity index (χ4n) is 2.22. The number of carbonyl (C=O) groups excluding carboxylic acids is 1. The molecule has 0 radical (unpaired) electrons. The van der Waals surface area contributed by atoms with Gasteiger partial charge in [-0.1, -0.05) is 57.8 Å². The molecular formula is C19H19Br3N2O2. The normalized spacial score (nSPS) is 11.2. The third-order valence-electron chi connectivity index (χ3n) is 3.65. The van der Waals surface area contributed by atoms with Crippen LogP contribution >= 0.6 is 47.8 Å². The Balaban J connectivity index is 2.02. The van der Waals surface area contributed by atoms with E-state index in [1.165, 1.54) is 0 Å². The van der Waals surface area contributed by atoms with Crippen LogP contribution in [-0.2, 0) is 4.79 Å². The molecule has 2 aromatic rings. The molecular weight excluding hydrogens is 528 g/mol. The molecule has 1 amide bonds. The van der Waals surface area contributed by atoms with E-state index in [1.807, 2.05) is 37.3 Å². The first-order chi connectivity index (χ1) is 12.3. The summed E-state index contributed by atoms with van der Waals surface area (Å²) in [5.41, 5.74) is 5.42. The van der Waals surface area contributed by atoms with Gasteiger partial charge in [-0.15, -0.1) is 0 Å². The van der Waals surface area contributed by atoms with Gasteiger partial charge in [-0.3, -0.25) is 4.79 Å². The fourth-order valence-corrected chi connectivity index (χ4v) is 3.91. The van der Waals surface area contributed by atoms with E-state index < -0.39 is 0 Å². The van der Waals surface area contributed by atoms with E-state index in [1.54, 1.807) is 6.21 Å².